The fourth-order valence-corrected chi connectivity index (χ4v) is 3.24. The van der Waals surface area contributed by atoms with E-state index >= 15 is 0 Å². The van der Waals surface area contributed by atoms with Crippen molar-refractivity contribution in [3.05, 3.63) is 29.3 Å². The van der Waals surface area contributed by atoms with E-state index in [9.17, 15) is 9.59 Å². The first-order valence-electron chi connectivity index (χ1n) is 8.57. The Morgan fingerprint density at radius 2 is 1.83 bits per heavy atom. The van der Waals surface area contributed by atoms with Crippen LogP contribution in [-0.4, -0.2) is 36.3 Å². The normalized spacial score (nSPS) is 14.9. The lowest BCUT2D eigenvalue weighted by atomic mass is 9.97. The van der Waals surface area contributed by atoms with Crippen LogP contribution in [0.4, 0.5) is 5.69 Å². The minimum atomic E-state index is -0.0773. The van der Waals surface area contributed by atoms with Crippen LogP contribution in [0.15, 0.2) is 18.2 Å². The Bertz CT molecular complexity index is 575. The number of aryl methyl sites for hydroxylation is 1. The van der Waals surface area contributed by atoms with Gasteiger partial charge in [-0.3, -0.25) is 9.59 Å². The van der Waals surface area contributed by atoms with Crippen molar-refractivity contribution >= 4 is 17.5 Å². The molecule has 1 aliphatic rings. The number of hydrogen-bond donors (Lipinski definition) is 0. The Morgan fingerprint density at radius 1 is 1.17 bits per heavy atom. The minimum Gasteiger partial charge on any atom is -0.341 e. The van der Waals surface area contributed by atoms with E-state index in [4.69, 9.17) is 0 Å². The van der Waals surface area contributed by atoms with Crippen LogP contribution in [-0.2, 0) is 9.59 Å². The molecule has 1 heterocycles. The van der Waals surface area contributed by atoms with Gasteiger partial charge in [-0.15, -0.1) is 0 Å². The van der Waals surface area contributed by atoms with Crippen LogP contribution in [0, 0.1) is 6.92 Å². The van der Waals surface area contributed by atoms with Gasteiger partial charge in [-0.25, -0.2) is 0 Å². The number of benzene rings is 1. The highest BCUT2D eigenvalue weighted by Gasteiger charge is 2.25. The molecule has 0 spiro atoms. The summed E-state index contributed by atoms with van der Waals surface area (Å²) in [6.45, 7) is 9.54. The first kappa shape index (κ1) is 17.5. The first-order valence-corrected chi connectivity index (χ1v) is 8.57. The lowest BCUT2D eigenvalue weighted by Crippen LogP contribution is -2.44. The summed E-state index contributed by atoms with van der Waals surface area (Å²) in [6, 6.07) is 6.07. The number of piperidine rings is 1. The van der Waals surface area contributed by atoms with Crippen molar-refractivity contribution in [2.24, 2.45) is 0 Å². The number of hydrogen-bond acceptors (Lipinski definition) is 2. The maximum absolute atomic E-state index is 12.6. The van der Waals surface area contributed by atoms with Gasteiger partial charge in [-0.05, 0) is 43.2 Å². The maximum atomic E-state index is 12.6. The van der Waals surface area contributed by atoms with Crippen LogP contribution in [0.2, 0.25) is 0 Å². The molecule has 4 nitrogen and oxygen atoms in total. The molecular formula is C19H28N2O2. The monoisotopic (exact) mass is 316 g/mol. The highest BCUT2D eigenvalue weighted by atomic mass is 16.2. The standard InChI is InChI=1S/C19H28N2O2/c1-14(2)17-10-8-9-15(3)19(17)21(16(4)22)13-18(23)20-11-6-5-7-12-20/h8-10,14H,5-7,11-13H2,1-4H3. The van der Waals surface area contributed by atoms with Gasteiger partial charge < -0.3 is 9.80 Å². The molecule has 0 saturated carbocycles. The molecule has 2 rings (SSSR count). The highest BCUT2D eigenvalue weighted by molar-refractivity contribution is 5.98. The molecule has 1 aromatic rings. The van der Waals surface area contributed by atoms with Gasteiger partial charge in [0, 0.05) is 20.0 Å². The fraction of sp³-hybridized carbons (Fsp3) is 0.579. The number of carbonyl (C=O) groups excluding carboxylic acids is 2. The highest BCUT2D eigenvalue weighted by Crippen LogP contribution is 2.31. The van der Waals surface area contributed by atoms with Crippen LogP contribution < -0.4 is 4.90 Å². The molecule has 23 heavy (non-hydrogen) atoms. The molecule has 0 aliphatic carbocycles. The molecule has 1 fully saturated rings. The quantitative estimate of drug-likeness (QED) is 0.853. The van der Waals surface area contributed by atoms with Crippen LogP contribution in [0.3, 0.4) is 0 Å². The van der Waals surface area contributed by atoms with Gasteiger partial charge in [-0.2, -0.15) is 0 Å². The van der Waals surface area contributed by atoms with Crippen molar-refractivity contribution in [1.29, 1.82) is 0 Å². The van der Waals surface area contributed by atoms with Crippen molar-refractivity contribution in [2.45, 2.75) is 52.9 Å². The summed E-state index contributed by atoms with van der Waals surface area (Å²) in [7, 11) is 0. The summed E-state index contributed by atoms with van der Waals surface area (Å²) in [4.78, 5) is 28.4. The van der Waals surface area contributed by atoms with Gasteiger partial charge in [0.1, 0.15) is 6.54 Å². The van der Waals surface area contributed by atoms with E-state index in [1.54, 1.807) is 11.8 Å². The van der Waals surface area contributed by atoms with Crippen molar-refractivity contribution in [2.75, 3.05) is 24.5 Å². The molecule has 1 aliphatic heterocycles. The SMILES string of the molecule is CC(=O)N(CC(=O)N1CCCCC1)c1c(C)cccc1C(C)C. The molecule has 0 atom stereocenters. The van der Waals surface area contributed by atoms with Gasteiger partial charge in [0.15, 0.2) is 0 Å². The Kier molecular flexibility index (Phi) is 5.80. The summed E-state index contributed by atoms with van der Waals surface area (Å²) < 4.78 is 0. The van der Waals surface area contributed by atoms with E-state index in [2.05, 4.69) is 13.8 Å². The molecule has 0 radical (unpaired) electrons. The lowest BCUT2D eigenvalue weighted by Gasteiger charge is -2.31. The topological polar surface area (TPSA) is 40.6 Å². The van der Waals surface area contributed by atoms with Crippen LogP contribution >= 0.6 is 0 Å². The fourth-order valence-electron chi connectivity index (χ4n) is 3.24. The van der Waals surface area contributed by atoms with Gasteiger partial charge in [0.25, 0.3) is 0 Å². The Morgan fingerprint density at radius 3 is 2.39 bits per heavy atom. The van der Waals surface area contributed by atoms with E-state index in [-0.39, 0.29) is 18.4 Å². The number of rotatable bonds is 4. The van der Waals surface area contributed by atoms with Crippen molar-refractivity contribution < 1.29 is 9.59 Å². The van der Waals surface area contributed by atoms with Crippen LogP contribution in [0.25, 0.3) is 0 Å². The number of nitrogens with zero attached hydrogens (tertiary/aromatic N) is 2. The summed E-state index contributed by atoms with van der Waals surface area (Å²) in [5.74, 6) is 0.279. The van der Waals surface area contributed by atoms with E-state index in [1.807, 2.05) is 30.0 Å². The summed E-state index contributed by atoms with van der Waals surface area (Å²) in [5, 5.41) is 0. The third-order valence-electron chi connectivity index (χ3n) is 4.54. The second-order valence-electron chi connectivity index (χ2n) is 6.71. The van der Waals surface area contributed by atoms with E-state index in [1.165, 1.54) is 6.42 Å². The maximum Gasteiger partial charge on any atom is 0.242 e. The Labute approximate surface area is 139 Å². The molecule has 0 unspecified atom stereocenters. The zero-order valence-electron chi connectivity index (χ0n) is 14.8. The van der Waals surface area contributed by atoms with Crippen LogP contribution in [0.1, 0.15) is 57.1 Å². The largest absolute Gasteiger partial charge is 0.341 e. The first-order chi connectivity index (χ1) is 10.9. The van der Waals surface area contributed by atoms with Gasteiger partial charge in [0.2, 0.25) is 11.8 Å². The van der Waals surface area contributed by atoms with E-state index in [0.717, 1.165) is 42.7 Å². The molecule has 126 valence electrons. The predicted molar refractivity (Wildman–Crippen MR) is 93.7 cm³/mol. The number of anilines is 1. The number of carbonyl (C=O) groups is 2. The average Bonchev–Trinajstić information content (AvgIpc) is 2.53. The number of amides is 2. The minimum absolute atomic E-state index is 0.0536. The average molecular weight is 316 g/mol. The van der Waals surface area contributed by atoms with Gasteiger partial charge in [0.05, 0.1) is 5.69 Å². The number of para-hydroxylation sites is 1. The smallest absolute Gasteiger partial charge is 0.242 e. The second kappa shape index (κ2) is 7.62. The zero-order chi connectivity index (χ0) is 17.0. The van der Waals surface area contributed by atoms with Crippen molar-refractivity contribution in [3.8, 4) is 0 Å². The second-order valence-corrected chi connectivity index (χ2v) is 6.71. The van der Waals surface area contributed by atoms with Crippen LogP contribution in [0.5, 0.6) is 0 Å². The summed E-state index contributed by atoms with van der Waals surface area (Å²) in [5.41, 5.74) is 3.06. The molecular weight excluding hydrogens is 288 g/mol. The molecule has 1 saturated heterocycles. The predicted octanol–water partition coefficient (Wildman–Crippen LogP) is 3.48. The lowest BCUT2D eigenvalue weighted by molar-refractivity contribution is -0.132. The van der Waals surface area contributed by atoms with Crippen molar-refractivity contribution in [3.63, 3.8) is 0 Å². The Balaban J connectivity index is 2.29. The van der Waals surface area contributed by atoms with Gasteiger partial charge >= 0.3 is 0 Å². The zero-order valence-corrected chi connectivity index (χ0v) is 14.8. The van der Waals surface area contributed by atoms with E-state index < -0.39 is 0 Å². The van der Waals surface area contributed by atoms with Gasteiger partial charge in [-0.1, -0.05) is 32.0 Å². The molecule has 4 heteroatoms. The molecule has 2 amide bonds. The Hall–Kier alpha value is -1.84. The molecule has 1 aromatic carbocycles. The molecule has 0 aromatic heterocycles. The number of likely N-dealkylation sites (tertiary alicyclic amines) is 1. The summed E-state index contributed by atoms with van der Waals surface area (Å²) >= 11 is 0. The van der Waals surface area contributed by atoms with Crippen molar-refractivity contribution in [1.82, 2.24) is 4.90 Å². The third kappa shape index (κ3) is 4.12. The molecule has 0 N–H and O–H groups in total. The molecule has 0 bridgehead atoms. The third-order valence-corrected chi connectivity index (χ3v) is 4.54. The summed E-state index contributed by atoms with van der Waals surface area (Å²) in [6.07, 6.45) is 3.32. The van der Waals surface area contributed by atoms with E-state index in [0.29, 0.717) is 5.92 Å².